The predicted molar refractivity (Wildman–Crippen MR) is 124 cm³/mol. The maximum Gasteiger partial charge on any atom is 0.309 e. The van der Waals surface area contributed by atoms with Crippen LogP contribution in [-0.4, -0.2) is 36.4 Å². The van der Waals surface area contributed by atoms with E-state index in [1.165, 1.54) is 0 Å². The van der Waals surface area contributed by atoms with Gasteiger partial charge in [-0.05, 0) is 69.9 Å². The van der Waals surface area contributed by atoms with Crippen LogP contribution >= 0.6 is 0 Å². The molecule has 0 amide bonds. The second-order valence-electron chi connectivity index (χ2n) is 9.47. The number of carbonyl (C=O) groups excluding carboxylic acids is 1. The minimum atomic E-state index is -0.457. The Labute approximate surface area is 189 Å². The summed E-state index contributed by atoms with van der Waals surface area (Å²) in [5, 5.41) is 3.50. The summed E-state index contributed by atoms with van der Waals surface area (Å²) in [6.07, 6.45) is 3.33. The molecule has 1 aliphatic rings. The molecular weight excluding hydrogens is 408 g/mol. The number of pyridine rings is 1. The van der Waals surface area contributed by atoms with Gasteiger partial charge in [-0.1, -0.05) is 0 Å². The highest BCUT2D eigenvalue weighted by Gasteiger charge is 2.37. The normalized spacial score (nSPS) is 18.1. The predicted octanol–water partition coefficient (Wildman–Crippen LogP) is 3.59. The minimum absolute atomic E-state index is 0.0151. The van der Waals surface area contributed by atoms with Gasteiger partial charge in [-0.3, -0.25) is 9.59 Å². The third-order valence-corrected chi connectivity index (χ3v) is 5.75. The molecule has 1 aliphatic carbocycles. The summed E-state index contributed by atoms with van der Waals surface area (Å²) in [7, 11) is 5.01. The standard InChI is InChI=1S/C25H34N2O5/c1-15-8-18(14-27(5)23(15)28)16-11-21(30-6)20(22(12-16)31-7)13-26-19-9-17(10-19)24(29)32-25(2,3)4/h8,11-12,14,17,19,26H,9-10,13H2,1-7H3. The van der Waals surface area contributed by atoms with Crippen LogP contribution in [0.2, 0.25) is 0 Å². The van der Waals surface area contributed by atoms with Gasteiger partial charge in [0.1, 0.15) is 17.1 Å². The van der Waals surface area contributed by atoms with Crippen molar-refractivity contribution in [2.24, 2.45) is 13.0 Å². The lowest BCUT2D eigenvalue weighted by molar-refractivity contribution is -0.163. The molecule has 0 atom stereocenters. The Morgan fingerprint density at radius 3 is 2.19 bits per heavy atom. The average Bonchev–Trinajstić information content (AvgIpc) is 2.68. The van der Waals surface area contributed by atoms with E-state index in [2.05, 4.69) is 5.32 Å². The van der Waals surface area contributed by atoms with E-state index in [0.29, 0.717) is 23.6 Å². The van der Waals surface area contributed by atoms with Crippen molar-refractivity contribution in [1.29, 1.82) is 0 Å². The summed E-state index contributed by atoms with van der Waals surface area (Å²) >= 11 is 0. The number of nitrogens with zero attached hydrogens (tertiary/aromatic N) is 1. The molecule has 1 fully saturated rings. The quantitative estimate of drug-likeness (QED) is 0.661. The van der Waals surface area contributed by atoms with Crippen LogP contribution in [0.25, 0.3) is 11.1 Å². The van der Waals surface area contributed by atoms with Crippen molar-refractivity contribution in [2.45, 2.75) is 58.7 Å². The Hall–Kier alpha value is -2.80. The molecular formula is C25H34N2O5. The molecule has 1 aromatic carbocycles. The van der Waals surface area contributed by atoms with Crippen molar-refractivity contribution in [3.63, 3.8) is 0 Å². The summed E-state index contributed by atoms with van der Waals surface area (Å²) in [5.41, 5.74) is 2.95. The Balaban J connectivity index is 1.73. The van der Waals surface area contributed by atoms with Crippen LogP contribution in [-0.2, 0) is 23.1 Å². The molecule has 32 heavy (non-hydrogen) atoms. The highest BCUT2D eigenvalue weighted by molar-refractivity contribution is 5.74. The van der Waals surface area contributed by atoms with E-state index in [-0.39, 0.29) is 23.5 Å². The molecule has 174 valence electrons. The molecule has 0 radical (unpaired) electrons. The Kier molecular flexibility index (Phi) is 6.98. The summed E-state index contributed by atoms with van der Waals surface area (Å²) < 4.78 is 18.4. The molecule has 0 bridgehead atoms. The fourth-order valence-corrected chi connectivity index (χ4v) is 3.97. The summed E-state index contributed by atoms with van der Waals surface area (Å²) in [4.78, 5) is 24.2. The topological polar surface area (TPSA) is 78.8 Å². The lowest BCUT2D eigenvalue weighted by atomic mass is 9.80. The first kappa shape index (κ1) is 23.9. The molecule has 3 rings (SSSR count). The van der Waals surface area contributed by atoms with Gasteiger partial charge in [0.15, 0.2) is 0 Å². The molecule has 1 aromatic heterocycles. The second kappa shape index (κ2) is 9.36. The summed E-state index contributed by atoms with van der Waals surface area (Å²) in [6.45, 7) is 8.03. The largest absolute Gasteiger partial charge is 0.496 e. The van der Waals surface area contributed by atoms with Crippen molar-refractivity contribution >= 4 is 5.97 Å². The molecule has 0 saturated heterocycles. The van der Waals surface area contributed by atoms with Gasteiger partial charge in [0.2, 0.25) is 0 Å². The third kappa shape index (κ3) is 5.33. The number of esters is 1. The highest BCUT2D eigenvalue weighted by Crippen LogP contribution is 2.36. The number of rotatable bonds is 7. The van der Waals surface area contributed by atoms with Gasteiger partial charge < -0.3 is 24.1 Å². The lowest BCUT2D eigenvalue weighted by Crippen LogP contribution is -2.45. The molecule has 0 unspecified atom stereocenters. The fraction of sp³-hybridized carbons (Fsp3) is 0.520. The minimum Gasteiger partial charge on any atom is -0.496 e. The van der Waals surface area contributed by atoms with E-state index in [4.69, 9.17) is 14.2 Å². The van der Waals surface area contributed by atoms with E-state index in [0.717, 1.165) is 29.5 Å². The number of ether oxygens (including phenoxy) is 3. The smallest absolute Gasteiger partial charge is 0.309 e. The van der Waals surface area contributed by atoms with Crippen LogP contribution < -0.4 is 20.3 Å². The highest BCUT2D eigenvalue weighted by atomic mass is 16.6. The Morgan fingerprint density at radius 1 is 1.09 bits per heavy atom. The van der Waals surface area contributed by atoms with Gasteiger partial charge >= 0.3 is 5.97 Å². The molecule has 0 spiro atoms. The lowest BCUT2D eigenvalue weighted by Gasteiger charge is -2.36. The zero-order valence-corrected chi connectivity index (χ0v) is 20.1. The number of hydrogen-bond acceptors (Lipinski definition) is 6. The number of benzene rings is 1. The van der Waals surface area contributed by atoms with Crippen molar-refractivity contribution in [3.05, 3.63) is 45.9 Å². The van der Waals surface area contributed by atoms with E-state index < -0.39 is 5.60 Å². The van der Waals surface area contributed by atoms with Crippen LogP contribution in [0, 0.1) is 12.8 Å². The van der Waals surface area contributed by atoms with E-state index >= 15 is 0 Å². The number of aryl methyl sites for hydroxylation is 2. The van der Waals surface area contributed by atoms with Crippen LogP contribution in [0.4, 0.5) is 0 Å². The van der Waals surface area contributed by atoms with E-state index in [1.807, 2.05) is 52.1 Å². The van der Waals surface area contributed by atoms with Gasteiger partial charge in [0.05, 0.1) is 20.1 Å². The number of carbonyl (C=O) groups is 1. The number of hydrogen-bond donors (Lipinski definition) is 1. The first-order valence-corrected chi connectivity index (χ1v) is 10.9. The molecule has 2 aromatic rings. The van der Waals surface area contributed by atoms with Crippen LogP contribution in [0.5, 0.6) is 11.5 Å². The van der Waals surface area contributed by atoms with Gasteiger partial charge in [-0.15, -0.1) is 0 Å². The van der Waals surface area contributed by atoms with Gasteiger partial charge in [-0.25, -0.2) is 0 Å². The van der Waals surface area contributed by atoms with Crippen molar-refractivity contribution < 1.29 is 19.0 Å². The first-order chi connectivity index (χ1) is 15.0. The van der Waals surface area contributed by atoms with Crippen LogP contribution in [0.15, 0.2) is 29.2 Å². The Morgan fingerprint density at radius 2 is 1.69 bits per heavy atom. The van der Waals surface area contributed by atoms with E-state index in [1.54, 1.807) is 25.8 Å². The van der Waals surface area contributed by atoms with E-state index in [9.17, 15) is 9.59 Å². The SMILES string of the molecule is COc1cc(-c2cc(C)c(=O)n(C)c2)cc(OC)c1CNC1CC(C(=O)OC(C)(C)C)C1. The van der Waals surface area contributed by atoms with Gasteiger partial charge in [-0.2, -0.15) is 0 Å². The average molecular weight is 443 g/mol. The maximum absolute atomic E-state index is 12.2. The van der Waals surface area contributed by atoms with Crippen molar-refractivity contribution in [3.8, 4) is 22.6 Å². The van der Waals surface area contributed by atoms with Crippen LogP contribution in [0.3, 0.4) is 0 Å². The zero-order valence-electron chi connectivity index (χ0n) is 20.1. The zero-order chi connectivity index (χ0) is 23.6. The molecule has 7 nitrogen and oxygen atoms in total. The Bertz CT molecular complexity index is 994. The van der Waals surface area contributed by atoms with Gasteiger partial charge in [0, 0.05) is 37.0 Å². The van der Waals surface area contributed by atoms with Gasteiger partial charge in [0.25, 0.3) is 5.56 Å². The molecule has 1 N–H and O–H groups in total. The molecule has 1 saturated carbocycles. The molecule has 7 heteroatoms. The number of aromatic nitrogens is 1. The summed E-state index contributed by atoms with van der Waals surface area (Å²) in [5.74, 6) is 1.25. The monoisotopic (exact) mass is 442 g/mol. The fourth-order valence-electron chi connectivity index (χ4n) is 3.97. The van der Waals surface area contributed by atoms with Crippen molar-refractivity contribution in [1.82, 2.24) is 9.88 Å². The third-order valence-electron chi connectivity index (χ3n) is 5.75. The summed E-state index contributed by atoms with van der Waals surface area (Å²) in [6, 6.07) is 6.04. The first-order valence-electron chi connectivity index (χ1n) is 10.9. The van der Waals surface area contributed by atoms with Crippen molar-refractivity contribution in [2.75, 3.05) is 14.2 Å². The number of methoxy groups -OCH3 is 2. The molecule has 0 aliphatic heterocycles. The number of nitrogens with one attached hydrogen (secondary N) is 1. The second-order valence-corrected chi connectivity index (χ2v) is 9.47. The molecule has 1 heterocycles. The maximum atomic E-state index is 12.2. The van der Waals surface area contributed by atoms with Crippen LogP contribution in [0.1, 0.15) is 44.7 Å².